The van der Waals surface area contributed by atoms with Crippen LogP contribution in [0.15, 0.2) is 12.1 Å². The second-order valence-electron chi connectivity index (χ2n) is 6.64. The van der Waals surface area contributed by atoms with E-state index in [1.165, 1.54) is 35.1 Å². The number of hydrogen-bond acceptors (Lipinski definition) is 1. The minimum atomic E-state index is 0.220. The second kappa shape index (κ2) is 4.13. The molecule has 1 unspecified atom stereocenters. The predicted octanol–water partition coefficient (Wildman–Crippen LogP) is 4.01. The number of benzene rings is 1. The lowest BCUT2D eigenvalue weighted by atomic mass is 9.82. The lowest BCUT2D eigenvalue weighted by molar-refractivity contribution is 0.584. The molecule has 1 nitrogen and oxygen atoms in total. The Labute approximate surface area is 105 Å². The molecule has 1 aliphatic carbocycles. The van der Waals surface area contributed by atoms with Crippen molar-refractivity contribution >= 4 is 0 Å². The van der Waals surface area contributed by atoms with E-state index in [0.717, 1.165) is 5.92 Å². The van der Waals surface area contributed by atoms with E-state index in [4.69, 9.17) is 5.73 Å². The summed E-state index contributed by atoms with van der Waals surface area (Å²) in [5.41, 5.74) is 12.1. The van der Waals surface area contributed by atoms with Crippen LogP contribution < -0.4 is 5.73 Å². The van der Waals surface area contributed by atoms with Crippen LogP contribution >= 0.6 is 0 Å². The third-order valence-electron chi connectivity index (χ3n) is 3.92. The summed E-state index contributed by atoms with van der Waals surface area (Å²) >= 11 is 0. The molecule has 0 amide bonds. The molecule has 1 saturated carbocycles. The highest BCUT2D eigenvalue weighted by atomic mass is 14.7. The zero-order valence-electron chi connectivity index (χ0n) is 11.8. The molecule has 1 heteroatoms. The quantitative estimate of drug-likeness (QED) is 0.817. The number of aryl methyl sites for hydroxylation is 2. The molecule has 17 heavy (non-hydrogen) atoms. The Morgan fingerprint density at radius 2 is 1.59 bits per heavy atom. The fourth-order valence-corrected chi connectivity index (χ4v) is 2.62. The van der Waals surface area contributed by atoms with Gasteiger partial charge in [0.1, 0.15) is 0 Å². The first-order valence-corrected chi connectivity index (χ1v) is 6.68. The van der Waals surface area contributed by atoms with E-state index in [9.17, 15) is 0 Å². The fourth-order valence-electron chi connectivity index (χ4n) is 2.62. The van der Waals surface area contributed by atoms with E-state index in [1.54, 1.807) is 0 Å². The highest BCUT2D eigenvalue weighted by molar-refractivity contribution is 5.42. The van der Waals surface area contributed by atoms with Gasteiger partial charge in [0.15, 0.2) is 0 Å². The minimum absolute atomic E-state index is 0.220. The molecule has 1 aromatic rings. The Bertz CT molecular complexity index is 399. The molecule has 1 aliphatic rings. The Hall–Kier alpha value is -0.820. The average Bonchev–Trinajstić information content (AvgIpc) is 2.97. The van der Waals surface area contributed by atoms with E-state index >= 15 is 0 Å². The van der Waals surface area contributed by atoms with Crippen molar-refractivity contribution < 1.29 is 0 Å². The van der Waals surface area contributed by atoms with Gasteiger partial charge in [-0.1, -0.05) is 32.9 Å². The van der Waals surface area contributed by atoms with Gasteiger partial charge < -0.3 is 5.73 Å². The minimum Gasteiger partial charge on any atom is -0.324 e. The summed E-state index contributed by atoms with van der Waals surface area (Å²) < 4.78 is 0. The average molecular weight is 231 g/mol. The van der Waals surface area contributed by atoms with E-state index in [-0.39, 0.29) is 11.5 Å². The third-order valence-corrected chi connectivity index (χ3v) is 3.92. The predicted molar refractivity (Wildman–Crippen MR) is 74.3 cm³/mol. The molecule has 1 aromatic carbocycles. The van der Waals surface area contributed by atoms with E-state index < -0.39 is 0 Å². The Morgan fingerprint density at radius 3 is 1.94 bits per heavy atom. The van der Waals surface area contributed by atoms with Crippen LogP contribution in [0.2, 0.25) is 0 Å². The molecule has 0 aliphatic heterocycles. The molecule has 0 saturated heterocycles. The number of hydrogen-bond donors (Lipinski definition) is 1. The summed E-state index contributed by atoms with van der Waals surface area (Å²) in [7, 11) is 0. The van der Waals surface area contributed by atoms with Gasteiger partial charge in [-0.25, -0.2) is 0 Å². The standard InChI is InChI=1S/C16H25N/c1-10-8-13(16(3,4)5)9-11(2)14(10)15(17)12-6-7-12/h8-9,12,15H,6-7,17H2,1-5H3. The molecule has 1 atom stereocenters. The van der Waals surface area contributed by atoms with Gasteiger partial charge in [0.25, 0.3) is 0 Å². The van der Waals surface area contributed by atoms with E-state index in [0.29, 0.717) is 0 Å². The molecule has 0 spiro atoms. The van der Waals surface area contributed by atoms with Crippen LogP contribution in [0.5, 0.6) is 0 Å². The smallest absolute Gasteiger partial charge is 0.0328 e. The van der Waals surface area contributed by atoms with E-state index in [1.807, 2.05) is 0 Å². The van der Waals surface area contributed by atoms with Crippen LogP contribution in [-0.2, 0) is 5.41 Å². The van der Waals surface area contributed by atoms with Crippen molar-refractivity contribution in [1.29, 1.82) is 0 Å². The van der Waals surface area contributed by atoms with Gasteiger partial charge in [0.05, 0.1) is 0 Å². The maximum absolute atomic E-state index is 6.36. The number of rotatable bonds is 2. The van der Waals surface area contributed by atoms with E-state index in [2.05, 4.69) is 46.8 Å². The third kappa shape index (κ3) is 2.55. The second-order valence-corrected chi connectivity index (χ2v) is 6.64. The summed E-state index contributed by atoms with van der Waals surface area (Å²) in [5.74, 6) is 0.730. The van der Waals surface area contributed by atoms with Crippen LogP contribution in [-0.4, -0.2) is 0 Å². The molecule has 2 N–H and O–H groups in total. The van der Waals surface area contributed by atoms with Gasteiger partial charge in [0.2, 0.25) is 0 Å². The molecule has 94 valence electrons. The first-order valence-electron chi connectivity index (χ1n) is 6.68. The van der Waals surface area contributed by atoms with Crippen molar-refractivity contribution in [1.82, 2.24) is 0 Å². The summed E-state index contributed by atoms with van der Waals surface area (Å²) in [4.78, 5) is 0. The SMILES string of the molecule is Cc1cc(C(C)(C)C)cc(C)c1C(N)C1CC1. The molecule has 0 heterocycles. The Morgan fingerprint density at radius 1 is 1.12 bits per heavy atom. The Balaban J connectivity index is 2.42. The van der Waals surface area contributed by atoms with Gasteiger partial charge in [-0.15, -0.1) is 0 Å². The van der Waals surface area contributed by atoms with Gasteiger partial charge in [-0.3, -0.25) is 0 Å². The van der Waals surface area contributed by atoms with Crippen molar-refractivity contribution in [3.63, 3.8) is 0 Å². The topological polar surface area (TPSA) is 26.0 Å². The van der Waals surface area contributed by atoms with Crippen molar-refractivity contribution in [2.24, 2.45) is 11.7 Å². The van der Waals surface area contributed by atoms with Crippen molar-refractivity contribution in [3.05, 3.63) is 34.4 Å². The fraction of sp³-hybridized carbons (Fsp3) is 0.625. The normalized spacial score (nSPS) is 18.2. The largest absolute Gasteiger partial charge is 0.324 e. The van der Waals surface area contributed by atoms with Gasteiger partial charge in [-0.2, -0.15) is 0 Å². The van der Waals surface area contributed by atoms with Gasteiger partial charge in [-0.05, 0) is 60.3 Å². The highest BCUT2D eigenvalue weighted by Gasteiger charge is 2.31. The summed E-state index contributed by atoms with van der Waals surface area (Å²) in [6.07, 6.45) is 2.61. The highest BCUT2D eigenvalue weighted by Crippen LogP contribution is 2.42. The zero-order valence-corrected chi connectivity index (χ0v) is 11.8. The van der Waals surface area contributed by atoms with Crippen molar-refractivity contribution in [2.45, 2.75) is 58.9 Å². The first-order chi connectivity index (χ1) is 7.80. The van der Waals surface area contributed by atoms with Crippen LogP contribution in [0.3, 0.4) is 0 Å². The summed E-state index contributed by atoms with van der Waals surface area (Å²) in [5, 5.41) is 0. The summed E-state index contributed by atoms with van der Waals surface area (Å²) in [6, 6.07) is 4.90. The molecular weight excluding hydrogens is 206 g/mol. The Kier molecular flexibility index (Phi) is 3.07. The maximum atomic E-state index is 6.36. The molecule has 1 fully saturated rings. The zero-order chi connectivity index (χ0) is 12.8. The molecular formula is C16H25N. The van der Waals surface area contributed by atoms with Gasteiger partial charge >= 0.3 is 0 Å². The molecule has 0 aromatic heterocycles. The monoisotopic (exact) mass is 231 g/mol. The lowest BCUT2D eigenvalue weighted by Crippen LogP contribution is -2.18. The van der Waals surface area contributed by atoms with Crippen LogP contribution in [0, 0.1) is 19.8 Å². The lowest BCUT2D eigenvalue weighted by Gasteiger charge is -2.24. The molecule has 0 radical (unpaired) electrons. The van der Waals surface area contributed by atoms with Crippen molar-refractivity contribution in [2.75, 3.05) is 0 Å². The summed E-state index contributed by atoms with van der Waals surface area (Å²) in [6.45, 7) is 11.2. The van der Waals surface area contributed by atoms with Crippen LogP contribution in [0.25, 0.3) is 0 Å². The molecule has 0 bridgehead atoms. The molecule has 2 rings (SSSR count). The van der Waals surface area contributed by atoms with Gasteiger partial charge in [0, 0.05) is 6.04 Å². The number of nitrogens with two attached hydrogens (primary N) is 1. The van der Waals surface area contributed by atoms with Crippen LogP contribution in [0.4, 0.5) is 0 Å². The maximum Gasteiger partial charge on any atom is 0.0328 e. The van der Waals surface area contributed by atoms with Crippen LogP contribution in [0.1, 0.15) is 61.9 Å². The van der Waals surface area contributed by atoms with Crippen molar-refractivity contribution in [3.8, 4) is 0 Å². The first kappa shape index (κ1) is 12.6.